The van der Waals surface area contributed by atoms with E-state index in [1.165, 1.54) is 71.1 Å². The van der Waals surface area contributed by atoms with Gasteiger partial charge in [0.15, 0.2) is 0 Å². The molecule has 0 aliphatic rings. The van der Waals surface area contributed by atoms with E-state index in [9.17, 15) is 9.59 Å². The Labute approximate surface area is 220 Å². The van der Waals surface area contributed by atoms with Gasteiger partial charge in [-0.05, 0) is 45.3 Å². The summed E-state index contributed by atoms with van der Waals surface area (Å²) in [6.45, 7) is 9.60. The number of hydrogen-bond acceptors (Lipinski definition) is 5. The number of nitrogens with one attached hydrogen (secondary N) is 1. The van der Waals surface area contributed by atoms with Gasteiger partial charge in [0.1, 0.15) is 17.7 Å². The van der Waals surface area contributed by atoms with Crippen molar-refractivity contribution in [3.05, 3.63) is 48.0 Å². The fourth-order valence-electron chi connectivity index (χ4n) is 4.09. The van der Waals surface area contributed by atoms with Crippen molar-refractivity contribution in [2.24, 2.45) is 0 Å². The molecule has 0 spiro atoms. The number of rotatable bonds is 19. The first-order chi connectivity index (χ1) is 17.2. The van der Waals surface area contributed by atoms with Crippen molar-refractivity contribution in [1.82, 2.24) is 5.32 Å². The molecule has 2 atom stereocenters. The third kappa shape index (κ3) is 16.5. The van der Waals surface area contributed by atoms with Crippen LogP contribution in [0.4, 0.5) is 0 Å². The van der Waals surface area contributed by atoms with Crippen molar-refractivity contribution in [3.63, 3.8) is 0 Å². The molecule has 0 aliphatic heterocycles. The predicted molar refractivity (Wildman–Crippen MR) is 149 cm³/mol. The molecule has 0 aromatic heterocycles. The highest BCUT2D eigenvalue weighted by molar-refractivity contribution is 5.78. The Bertz CT molecular complexity index is 739. The second-order valence-electron chi connectivity index (χ2n) is 10.7. The van der Waals surface area contributed by atoms with Crippen molar-refractivity contribution >= 4 is 11.9 Å². The molecule has 5 nitrogen and oxygen atoms in total. The quantitative estimate of drug-likeness (QED) is 0.120. The number of allylic oxidation sites excluding steroid dienone is 1. The molecule has 1 aromatic carbocycles. The Morgan fingerprint density at radius 2 is 1.44 bits per heavy atom. The van der Waals surface area contributed by atoms with Crippen LogP contribution < -0.4 is 5.32 Å². The summed E-state index contributed by atoms with van der Waals surface area (Å²) < 4.78 is 11.2. The highest BCUT2D eigenvalue weighted by atomic mass is 16.6. The number of hydrogen-bond donors (Lipinski definition) is 1. The highest BCUT2D eigenvalue weighted by Gasteiger charge is 2.32. The first-order valence-electron chi connectivity index (χ1n) is 14.1. The van der Waals surface area contributed by atoms with Crippen LogP contribution >= 0.6 is 0 Å². The summed E-state index contributed by atoms with van der Waals surface area (Å²) in [4.78, 5) is 24.9. The van der Waals surface area contributed by atoms with Gasteiger partial charge in [0, 0.05) is 13.5 Å². The van der Waals surface area contributed by atoms with Gasteiger partial charge in [0.05, 0.1) is 0 Å². The summed E-state index contributed by atoms with van der Waals surface area (Å²) in [5.41, 5.74) is 0.404. The second kappa shape index (κ2) is 19.0. The monoisotopic (exact) mass is 501 g/mol. The molecule has 1 aromatic rings. The maximum absolute atomic E-state index is 13.0. The van der Waals surface area contributed by atoms with Crippen LogP contribution in [0.5, 0.6) is 0 Å². The van der Waals surface area contributed by atoms with E-state index in [-0.39, 0.29) is 0 Å². The Hall–Kier alpha value is -2.14. The maximum Gasteiger partial charge on any atom is 0.327 e. The van der Waals surface area contributed by atoms with E-state index in [1.807, 2.05) is 63.3 Å². The number of unbranched alkanes of at least 4 members (excludes halogenated alkanes) is 11. The minimum absolute atomic E-state index is 0.422. The van der Waals surface area contributed by atoms with Crippen molar-refractivity contribution < 1.29 is 19.1 Å². The summed E-state index contributed by atoms with van der Waals surface area (Å²) in [6.07, 6.45) is 18.4. The number of esters is 2. The number of carbonyl (C=O) groups excluding carboxylic acids is 2. The van der Waals surface area contributed by atoms with Gasteiger partial charge in [-0.25, -0.2) is 0 Å². The summed E-state index contributed by atoms with van der Waals surface area (Å²) in [5.74, 6) is -0.849. The zero-order chi connectivity index (χ0) is 26.7. The predicted octanol–water partition coefficient (Wildman–Crippen LogP) is 7.68. The molecule has 0 saturated carbocycles. The molecular formula is C31H51NO4. The molecule has 0 unspecified atom stereocenters. The molecule has 1 rings (SSSR count). The summed E-state index contributed by atoms with van der Waals surface area (Å²) in [7, 11) is 0. The minimum Gasteiger partial charge on any atom is -0.459 e. The molecule has 0 radical (unpaired) electrons. The minimum atomic E-state index is -0.790. The SMILES string of the molecule is CCCCCCCCCCCCC/C=C/[C@@H](OC(C)=O)[C@@H](NCc1ccccc1)C(=O)OC(C)(C)C. The molecule has 0 saturated heterocycles. The van der Waals surface area contributed by atoms with Gasteiger partial charge in [-0.15, -0.1) is 0 Å². The molecule has 0 amide bonds. The van der Waals surface area contributed by atoms with Gasteiger partial charge in [-0.3, -0.25) is 14.9 Å². The van der Waals surface area contributed by atoms with E-state index in [1.54, 1.807) is 0 Å². The van der Waals surface area contributed by atoms with Crippen LogP contribution in [-0.4, -0.2) is 29.7 Å². The second-order valence-corrected chi connectivity index (χ2v) is 10.7. The normalized spacial score (nSPS) is 13.5. The van der Waals surface area contributed by atoms with Crippen LogP contribution in [0, 0.1) is 0 Å². The van der Waals surface area contributed by atoms with E-state index in [2.05, 4.69) is 12.2 Å². The molecule has 5 heteroatoms. The van der Waals surface area contributed by atoms with Gasteiger partial charge < -0.3 is 9.47 Å². The first kappa shape index (κ1) is 31.9. The van der Waals surface area contributed by atoms with Crippen LogP contribution in [0.3, 0.4) is 0 Å². The van der Waals surface area contributed by atoms with Crippen LogP contribution in [0.15, 0.2) is 42.5 Å². The van der Waals surface area contributed by atoms with Crippen LogP contribution in [0.2, 0.25) is 0 Å². The first-order valence-corrected chi connectivity index (χ1v) is 14.1. The van der Waals surface area contributed by atoms with Crippen molar-refractivity contribution in [2.75, 3.05) is 0 Å². The Morgan fingerprint density at radius 1 is 0.889 bits per heavy atom. The van der Waals surface area contributed by atoms with Crippen molar-refractivity contribution in [3.8, 4) is 0 Å². The highest BCUT2D eigenvalue weighted by Crippen LogP contribution is 2.15. The third-order valence-corrected chi connectivity index (χ3v) is 5.96. The molecule has 0 bridgehead atoms. The fourth-order valence-corrected chi connectivity index (χ4v) is 4.09. The van der Waals surface area contributed by atoms with Crippen molar-refractivity contribution in [1.29, 1.82) is 0 Å². The van der Waals surface area contributed by atoms with Crippen LogP contribution in [0.1, 0.15) is 117 Å². The fraction of sp³-hybridized carbons (Fsp3) is 0.677. The molecule has 0 fully saturated rings. The lowest BCUT2D eigenvalue weighted by atomic mass is 10.0. The van der Waals surface area contributed by atoms with E-state index < -0.39 is 29.7 Å². The van der Waals surface area contributed by atoms with Gasteiger partial charge in [0.25, 0.3) is 0 Å². The molecule has 0 heterocycles. The standard InChI is InChI=1S/C31H51NO4/c1-6-7-8-9-10-11-12-13-14-15-16-17-21-24-28(35-26(2)33)29(30(34)36-31(3,4)5)32-25-27-22-19-18-20-23-27/h18-24,28-29,32H,6-17,25H2,1-5H3/b24-21+/t28-,29-/m1/s1. The lowest BCUT2D eigenvalue weighted by Crippen LogP contribution is -2.49. The van der Waals surface area contributed by atoms with E-state index in [0.717, 1.165) is 18.4 Å². The van der Waals surface area contributed by atoms with Gasteiger partial charge in [-0.2, -0.15) is 0 Å². The molecule has 0 aliphatic carbocycles. The number of ether oxygens (including phenoxy) is 2. The lowest BCUT2D eigenvalue weighted by Gasteiger charge is -2.28. The van der Waals surface area contributed by atoms with Gasteiger partial charge in [0.2, 0.25) is 0 Å². The molecular weight excluding hydrogens is 450 g/mol. The maximum atomic E-state index is 13.0. The Kier molecular flexibility index (Phi) is 16.9. The van der Waals surface area contributed by atoms with E-state index >= 15 is 0 Å². The number of carbonyl (C=O) groups is 2. The smallest absolute Gasteiger partial charge is 0.327 e. The zero-order valence-electron chi connectivity index (χ0n) is 23.5. The van der Waals surface area contributed by atoms with Gasteiger partial charge in [-0.1, -0.05) is 108 Å². The topological polar surface area (TPSA) is 64.6 Å². The summed E-state index contributed by atoms with van der Waals surface area (Å²) in [5, 5.41) is 3.26. The van der Waals surface area contributed by atoms with Gasteiger partial charge >= 0.3 is 11.9 Å². The average molecular weight is 502 g/mol. The molecule has 36 heavy (non-hydrogen) atoms. The molecule has 204 valence electrons. The average Bonchev–Trinajstić information content (AvgIpc) is 2.81. The summed E-state index contributed by atoms with van der Waals surface area (Å²) in [6, 6.07) is 9.05. The van der Waals surface area contributed by atoms with Crippen LogP contribution in [-0.2, 0) is 25.6 Å². The largest absolute Gasteiger partial charge is 0.459 e. The summed E-state index contributed by atoms with van der Waals surface area (Å²) >= 11 is 0. The Morgan fingerprint density at radius 3 is 1.97 bits per heavy atom. The zero-order valence-corrected chi connectivity index (χ0v) is 23.5. The third-order valence-electron chi connectivity index (χ3n) is 5.96. The Balaban J connectivity index is 2.56. The van der Waals surface area contributed by atoms with Crippen molar-refractivity contribution in [2.45, 2.75) is 136 Å². The van der Waals surface area contributed by atoms with E-state index in [4.69, 9.17) is 9.47 Å². The van der Waals surface area contributed by atoms with Crippen LogP contribution in [0.25, 0.3) is 0 Å². The molecule has 1 N–H and O–H groups in total. The number of benzene rings is 1. The van der Waals surface area contributed by atoms with E-state index in [0.29, 0.717) is 6.54 Å². The lowest BCUT2D eigenvalue weighted by molar-refractivity contribution is -0.163.